The van der Waals surface area contributed by atoms with Crippen LogP contribution in [-0.4, -0.2) is 29.5 Å². The molecule has 0 radical (unpaired) electrons. The van der Waals surface area contributed by atoms with E-state index in [0.29, 0.717) is 5.92 Å². The zero-order valence-corrected chi connectivity index (χ0v) is 14.3. The van der Waals surface area contributed by atoms with Crippen molar-refractivity contribution in [2.45, 2.75) is 25.7 Å². The number of nitrogens with zero attached hydrogens (tertiary/aromatic N) is 2. The molecule has 2 nitrogen and oxygen atoms in total. The lowest BCUT2D eigenvalue weighted by Gasteiger charge is -2.29. The normalized spacial score (nSPS) is 16.9. The maximum Gasteiger partial charge on any atom is 0.0964 e. The van der Waals surface area contributed by atoms with E-state index in [1.807, 2.05) is 11.3 Å². The summed E-state index contributed by atoms with van der Waals surface area (Å²) in [5.41, 5.74) is 2.37. The molecule has 0 aliphatic carbocycles. The van der Waals surface area contributed by atoms with E-state index in [9.17, 15) is 0 Å². The molecular formula is C16H21BrN2S. The molecule has 1 fully saturated rings. The molecule has 1 saturated heterocycles. The highest BCUT2D eigenvalue weighted by Gasteiger charge is 2.22. The van der Waals surface area contributed by atoms with Crippen molar-refractivity contribution in [1.82, 2.24) is 9.88 Å². The van der Waals surface area contributed by atoms with Gasteiger partial charge in [0.05, 0.1) is 10.7 Å². The number of hydrogen-bond donors (Lipinski definition) is 0. The molecule has 0 spiro atoms. The SMILES string of the molecule is Br.CCN1CCC(c2nc(-c3ccccc3)cs2)CC1. The molecule has 1 aromatic heterocycles. The summed E-state index contributed by atoms with van der Waals surface area (Å²) in [5, 5.41) is 3.53. The van der Waals surface area contributed by atoms with Crippen molar-refractivity contribution in [3.05, 3.63) is 40.7 Å². The van der Waals surface area contributed by atoms with Crippen LogP contribution in [-0.2, 0) is 0 Å². The number of halogens is 1. The lowest BCUT2D eigenvalue weighted by Crippen LogP contribution is -2.32. The summed E-state index contributed by atoms with van der Waals surface area (Å²) < 4.78 is 0. The number of thiazole rings is 1. The van der Waals surface area contributed by atoms with Crippen molar-refractivity contribution in [2.75, 3.05) is 19.6 Å². The van der Waals surface area contributed by atoms with Crippen LogP contribution in [0.3, 0.4) is 0 Å². The lowest BCUT2D eigenvalue weighted by atomic mass is 9.97. The highest BCUT2D eigenvalue weighted by molar-refractivity contribution is 8.93. The fourth-order valence-corrected chi connectivity index (χ4v) is 3.71. The van der Waals surface area contributed by atoms with Gasteiger partial charge in [-0.25, -0.2) is 4.98 Å². The minimum atomic E-state index is 0. The Balaban J connectivity index is 0.00000147. The zero-order chi connectivity index (χ0) is 13.1. The summed E-state index contributed by atoms with van der Waals surface area (Å²) in [6.07, 6.45) is 2.52. The van der Waals surface area contributed by atoms with E-state index in [2.05, 4.69) is 47.5 Å². The fourth-order valence-electron chi connectivity index (χ4n) is 2.71. The molecule has 0 amide bonds. The second kappa shape index (κ2) is 7.34. The molecule has 0 N–H and O–H groups in total. The minimum Gasteiger partial charge on any atom is -0.304 e. The molecule has 0 saturated carbocycles. The predicted molar refractivity (Wildman–Crippen MR) is 92.0 cm³/mol. The molecule has 1 aliphatic rings. The molecule has 2 aromatic rings. The number of rotatable bonds is 3. The molecule has 4 heteroatoms. The average Bonchev–Trinajstić information content (AvgIpc) is 2.98. The van der Waals surface area contributed by atoms with Crippen LogP contribution in [0, 0.1) is 0 Å². The van der Waals surface area contributed by atoms with E-state index in [0.717, 1.165) is 5.69 Å². The van der Waals surface area contributed by atoms with Gasteiger partial charge in [0.25, 0.3) is 0 Å². The fraction of sp³-hybridized carbons (Fsp3) is 0.438. The largest absolute Gasteiger partial charge is 0.304 e. The predicted octanol–water partition coefficient (Wildman–Crippen LogP) is 4.59. The first kappa shape index (κ1) is 15.7. The number of likely N-dealkylation sites (tertiary alicyclic amines) is 1. The van der Waals surface area contributed by atoms with Crippen LogP contribution in [0.1, 0.15) is 30.7 Å². The van der Waals surface area contributed by atoms with Gasteiger partial charge in [-0.1, -0.05) is 37.3 Å². The monoisotopic (exact) mass is 352 g/mol. The van der Waals surface area contributed by atoms with Crippen LogP contribution in [0.15, 0.2) is 35.7 Å². The van der Waals surface area contributed by atoms with Crippen molar-refractivity contribution in [3.8, 4) is 11.3 Å². The maximum atomic E-state index is 4.86. The summed E-state index contributed by atoms with van der Waals surface area (Å²) >= 11 is 1.83. The Bertz CT molecular complexity index is 518. The first-order valence-corrected chi connectivity index (χ1v) is 7.98. The molecule has 0 bridgehead atoms. The summed E-state index contributed by atoms with van der Waals surface area (Å²) in [6, 6.07) is 10.5. The number of aromatic nitrogens is 1. The third-order valence-corrected chi connectivity index (χ3v) is 4.98. The van der Waals surface area contributed by atoms with Crippen LogP contribution >= 0.6 is 28.3 Å². The molecule has 108 valence electrons. The van der Waals surface area contributed by atoms with E-state index < -0.39 is 0 Å². The van der Waals surface area contributed by atoms with Crippen molar-refractivity contribution in [2.24, 2.45) is 0 Å². The van der Waals surface area contributed by atoms with Crippen LogP contribution in [0.2, 0.25) is 0 Å². The van der Waals surface area contributed by atoms with Gasteiger partial charge in [0.15, 0.2) is 0 Å². The summed E-state index contributed by atoms with van der Waals surface area (Å²) in [5.74, 6) is 0.672. The van der Waals surface area contributed by atoms with Gasteiger partial charge in [0.2, 0.25) is 0 Å². The highest BCUT2D eigenvalue weighted by Crippen LogP contribution is 2.32. The van der Waals surface area contributed by atoms with Gasteiger partial charge in [-0.15, -0.1) is 28.3 Å². The van der Waals surface area contributed by atoms with E-state index in [-0.39, 0.29) is 17.0 Å². The Labute approximate surface area is 135 Å². The van der Waals surface area contributed by atoms with Gasteiger partial charge in [-0.2, -0.15) is 0 Å². The van der Waals surface area contributed by atoms with Crippen LogP contribution in [0.25, 0.3) is 11.3 Å². The third kappa shape index (κ3) is 3.48. The van der Waals surface area contributed by atoms with Crippen molar-refractivity contribution in [3.63, 3.8) is 0 Å². The van der Waals surface area contributed by atoms with Crippen molar-refractivity contribution in [1.29, 1.82) is 0 Å². The first-order chi connectivity index (χ1) is 9.36. The van der Waals surface area contributed by atoms with E-state index in [1.165, 1.54) is 43.0 Å². The second-order valence-electron chi connectivity index (χ2n) is 5.15. The maximum absolute atomic E-state index is 4.86. The smallest absolute Gasteiger partial charge is 0.0964 e. The third-order valence-electron chi connectivity index (χ3n) is 3.98. The van der Waals surface area contributed by atoms with Crippen LogP contribution in [0.4, 0.5) is 0 Å². The molecule has 20 heavy (non-hydrogen) atoms. The molecule has 1 aliphatic heterocycles. The molecular weight excluding hydrogens is 332 g/mol. The average molecular weight is 353 g/mol. The quantitative estimate of drug-likeness (QED) is 0.803. The molecule has 1 aromatic carbocycles. The standard InChI is InChI=1S/C16H20N2S.BrH/c1-2-18-10-8-14(9-11-18)16-17-15(12-19-16)13-6-4-3-5-7-13;/h3-7,12,14H,2,8-11H2,1H3;1H. The number of hydrogen-bond acceptors (Lipinski definition) is 3. The highest BCUT2D eigenvalue weighted by atomic mass is 79.9. The van der Waals surface area contributed by atoms with Crippen molar-refractivity contribution < 1.29 is 0 Å². The Morgan fingerprint density at radius 3 is 2.55 bits per heavy atom. The van der Waals surface area contributed by atoms with Gasteiger partial charge < -0.3 is 4.90 Å². The lowest BCUT2D eigenvalue weighted by molar-refractivity contribution is 0.222. The first-order valence-electron chi connectivity index (χ1n) is 7.10. The van der Waals surface area contributed by atoms with Gasteiger partial charge >= 0.3 is 0 Å². The summed E-state index contributed by atoms with van der Waals surface area (Å²) in [4.78, 5) is 7.39. The number of piperidine rings is 1. The van der Waals surface area contributed by atoms with Crippen LogP contribution in [0.5, 0.6) is 0 Å². The zero-order valence-electron chi connectivity index (χ0n) is 11.8. The Morgan fingerprint density at radius 2 is 1.90 bits per heavy atom. The van der Waals surface area contributed by atoms with Gasteiger partial charge in [0.1, 0.15) is 0 Å². The van der Waals surface area contributed by atoms with E-state index >= 15 is 0 Å². The molecule has 0 unspecified atom stereocenters. The topological polar surface area (TPSA) is 16.1 Å². The summed E-state index contributed by atoms with van der Waals surface area (Å²) in [6.45, 7) is 5.87. The molecule has 3 rings (SSSR count). The molecule has 0 atom stereocenters. The molecule has 2 heterocycles. The number of benzene rings is 1. The van der Waals surface area contributed by atoms with Crippen LogP contribution < -0.4 is 0 Å². The van der Waals surface area contributed by atoms with Gasteiger partial charge in [-0.05, 0) is 32.5 Å². The van der Waals surface area contributed by atoms with E-state index in [4.69, 9.17) is 4.98 Å². The Morgan fingerprint density at radius 1 is 1.20 bits per heavy atom. The summed E-state index contributed by atoms with van der Waals surface area (Å²) in [7, 11) is 0. The Kier molecular flexibility index (Phi) is 5.75. The second-order valence-corrected chi connectivity index (χ2v) is 6.04. The Hall–Kier alpha value is -0.710. The minimum absolute atomic E-state index is 0. The van der Waals surface area contributed by atoms with Crippen molar-refractivity contribution >= 4 is 28.3 Å². The van der Waals surface area contributed by atoms with Gasteiger partial charge in [-0.3, -0.25) is 0 Å². The van der Waals surface area contributed by atoms with E-state index in [1.54, 1.807) is 0 Å². The van der Waals surface area contributed by atoms with Gasteiger partial charge in [0, 0.05) is 16.9 Å².